The van der Waals surface area contributed by atoms with Gasteiger partial charge in [-0.25, -0.2) is 4.98 Å². The molecule has 0 bridgehead atoms. The van der Waals surface area contributed by atoms with Crippen molar-refractivity contribution in [3.05, 3.63) is 16.1 Å². The van der Waals surface area contributed by atoms with Crippen LogP contribution >= 0.6 is 15.9 Å². The number of halogens is 1. The number of imidazole rings is 1. The number of nitrogens with zero attached hydrogens (tertiary/aromatic N) is 1. The Morgan fingerprint density at radius 3 is 2.75 bits per heavy atom. The monoisotopic (exact) mass is 231 g/mol. The fraction of sp³-hybridized carbons (Fsp3) is 0.571. The van der Waals surface area contributed by atoms with Gasteiger partial charge in [-0.05, 0) is 15.9 Å². The quantitative estimate of drug-likeness (QED) is 0.689. The summed E-state index contributed by atoms with van der Waals surface area (Å²) in [5.41, 5.74) is 0.761. The molecule has 2 rings (SSSR count). The van der Waals surface area contributed by atoms with Crippen molar-refractivity contribution in [3.63, 3.8) is 0 Å². The maximum absolute atomic E-state index is 8.89. The molecule has 0 atom stereocenters. The first-order valence-electron chi connectivity index (χ1n) is 3.87. The minimum Gasteiger partial charge on any atom is -0.390 e. The van der Waals surface area contributed by atoms with Gasteiger partial charge in [-0.15, -0.1) is 0 Å². The number of nitrogens with one attached hydrogen (secondary N) is 2. The van der Waals surface area contributed by atoms with Crippen molar-refractivity contribution < 1.29 is 5.11 Å². The molecule has 0 saturated carbocycles. The summed E-state index contributed by atoms with van der Waals surface area (Å²) in [5, 5.41) is 12.1. The van der Waals surface area contributed by atoms with E-state index >= 15 is 0 Å². The van der Waals surface area contributed by atoms with Crippen molar-refractivity contribution in [3.8, 4) is 0 Å². The molecular formula is C7H10BrN3O. The van der Waals surface area contributed by atoms with E-state index in [1.165, 1.54) is 0 Å². The summed E-state index contributed by atoms with van der Waals surface area (Å²) in [4.78, 5) is 7.35. The molecule has 4 nitrogen and oxygen atoms in total. The lowest BCUT2D eigenvalue weighted by Gasteiger charge is -2.24. The average Bonchev–Trinajstić information content (AvgIpc) is 2.27. The second-order valence-electron chi connectivity index (χ2n) is 2.90. The van der Waals surface area contributed by atoms with Gasteiger partial charge in [-0.1, -0.05) is 0 Å². The molecule has 1 saturated heterocycles. The number of hydrogen-bond acceptors (Lipinski definition) is 3. The largest absolute Gasteiger partial charge is 0.390 e. The standard InChI is InChI=1S/C7H10BrN3O/c8-6-5(3-12)10-7(11-6)4-1-9-2-4/h4,9,12H,1-3H2,(H,10,11). The van der Waals surface area contributed by atoms with E-state index in [1.54, 1.807) is 0 Å². The van der Waals surface area contributed by atoms with Gasteiger partial charge < -0.3 is 15.4 Å². The second kappa shape index (κ2) is 3.16. The summed E-state index contributed by atoms with van der Waals surface area (Å²) in [7, 11) is 0. The molecule has 2 heterocycles. The van der Waals surface area contributed by atoms with E-state index in [0.717, 1.165) is 29.2 Å². The van der Waals surface area contributed by atoms with Gasteiger partial charge in [0.15, 0.2) is 0 Å². The zero-order valence-electron chi connectivity index (χ0n) is 6.47. The number of aromatic nitrogens is 2. The Morgan fingerprint density at radius 1 is 1.58 bits per heavy atom. The van der Waals surface area contributed by atoms with Gasteiger partial charge in [-0.2, -0.15) is 0 Å². The lowest BCUT2D eigenvalue weighted by atomic mass is 10.0. The van der Waals surface area contributed by atoms with Crippen LogP contribution in [0.25, 0.3) is 0 Å². The van der Waals surface area contributed by atoms with E-state index in [2.05, 4.69) is 31.2 Å². The molecule has 5 heteroatoms. The van der Waals surface area contributed by atoms with Gasteiger partial charge in [-0.3, -0.25) is 0 Å². The molecule has 1 aliphatic rings. The molecule has 0 spiro atoms. The fourth-order valence-electron chi connectivity index (χ4n) is 1.19. The first-order valence-corrected chi connectivity index (χ1v) is 4.66. The first-order chi connectivity index (χ1) is 5.81. The van der Waals surface area contributed by atoms with Crippen LogP contribution in [0.3, 0.4) is 0 Å². The molecule has 1 aromatic rings. The smallest absolute Gasteiger partial charge is 0.129 e. The van der Waals surface area contributed by atoms with E-state index in [0.29, 0.717) is 5.92 Å². The molecule has 0 unspecified atom stereocenters. The molecular weight excluding hydrogens is 222 g/mol. The molecule has 0 aromatic carbocycles. The van der Waals surface area contributed by atoms with Gasteiger partial charge >= 0.3 is 0 Å². The van der Waals surface area contributed by atoms with Gasteiger partial charge in [0.1, 0.15) is 10.4 Å². The molecule has 0 radical (unpaired) electrons. The average molecular weight is 232 g/mol. The predicted octanol–water partition coefficient (Wildman–Crippen LogP) is 0.351. The number of aromatic amines is 1. The first kappa shape index (κ1) is 8.22. The van der Waals surface area contributed by atoms with Crippen LogP contribution in [-0.2, 0) is 6.61 Å². The number of aliphatic hydroxyl groups excluding tert-OH is 1. The molecule has 3 N–H and O–H groups in total. The van der Waals surface area contributed by atoms with Gasteiger partial charge in [0.2, 0.25) is 0 Å². The van der Waals surface area contributed by atoms with Crippen molar-refractivity contribution in [2.24, 2.45) is 0 Å². The molecule has 12 heavy (non-hydrogen) atoms. The summed E-state index contributed by atoms with van der Waals surface area (Å²) in [5.74, 6) is 1.45. The van der Waals surface area contributed by atoms with Gasteiger partial charge in [0, 0.05) is 19.0 Å². The Kier molecular flexibility index (Phi) is 2.16. The highest BCUT2D eigenvalue weighted by molar-refractivity contribution is 9.10. The van der Waals surface area contributed by atoms with Crippen molar-refractivity contribution in [1.82, 2.24) is 15.3 Å². The Labute approximate surface area is 78.5 Å². The second-order valence-corrected chi connectivity index (χ2v) is 3.66. The highest BCUT2D eigenvalue weighted by Gasteiger charge is 2.22. The van der Waals surface area contributed by atoms with E-state index in [1.807, 2.05) is 0 Å². The summed E-state index contributed by atoms with van der Waals surface area (Å²) in [6.07, 6.45) is 0. The Hall–Kier alpha value is -0.390. The highest BCUT2D eigenvalue weighted by Crippen LogP contribution is 2.21. The zero-order chi connectivity index (χ0) is 8.55. The van der Waals surface area contributed by atoms with Crippen molar-refractivity contribution >= 4 is 15.9 Å². The van der Waals surface area contributed by atoms with E-state index in [9.17, 15) is 0 Å². The summed E-state index contributed by atoms with van der Waals surface area (Å²) >= 11 is 3.28. The predicted molar refractivity (Wildman–Crippen MR) is 47.8 cm³/mol. The third kappa shape index (κ3) is 1.28. The van der Waals surface area contributed by atoms with Crippen molar-refractivity contribution in [2.75, 3.05) is 13.1 Å². The minimum absolute atomic E-state index is 0.00767. The lowest BCUT2D eigenvalue weighted by Crippen LogP contribution is -2.40. The number of aliphatic hydroxyl groups is 1. The fourth-order valence-corrected chi connectivity index (χ4v) is 1.60. The molecule has 1 aromatic heterocycles. The third-order valence-corrected chi connectivity index (χ3v) is 2.73. The topological polar surface area (TPSA) is 60.9 Å². The normalized spacial score (nSPS) is 17.8. The Bertz CT molecular complexity index is 282. The Balaban J connectivity index is 2.21. The third-order valence-electron chi connectivity index (χ3n) is 2.07. The summed E-state index contributed by atoms with van der Waals surface area (Å²) in [6, 6.07) is 0. The lowest BCUT2D eigenvalue weighted by molar-refractivity contribution is 0.276. The number of rotatable bonds is 2. The van der Waals surface area contributed by atoms with Crippen LogP contribution in [0.15, 0.2) is 4.60 Å². The highest BCUT2D eigenvalue weighted by atomic mass is 79.9. The number of hydrogen-bond donors (Lipinski definition) is 3. The van der Waals surface area contributed by atoms with Crippen molar-refractivity contribution in [2.45, 2.75) is 12.5 Å². The summed E-state index contributed by atoms with van der Waals surface area (Å²) < 4.78 is 0.729. The molecule has 1 aliphatic heterocycles. The molecule has 1 fully saturated rings. The summed E-state index contributed by atoms with van der Waals surface area (Å²) in [6.45, 7) is 1.96. The molecule has 0 aliphatic carbocycles. The zero-order valence-corrected chi connectivity index (χ0v) is 8.06. The van der Waals surface area contributed by atoms with E-state index < -0.39 is 0 Å². The molecule has 0 amide bonds. The maximum atomic E-state index is 8.89. The maximum Gasteiger partial charge on any atom is 0.129 e. The van der Waals surface area contributed by atoms with Crippen LogP contribution in [0.2, 0.25) is 0 Å². The van der Waals surface area contributed by atoms with Gasteiger partial charge in [0.05, 0.1) is 12.3 Å². The van der Waals surface area contributed by atoms with Crippen molar-refractivity contribution in [1.29, 1.82) is 0 Å². The van der Waals surface area contributed by atoms with E-state index in [4.69, 9.17) is 5.11 Å². The van der Waals surface area contributed by atoms with E-state index in [-0.39, 0.29) is 6.61 Å². The van der Waals surface area contributed by atoms with Gasteiger partial charge in [0.25, 0.3) is 0 Å². The van der Waals surface area contributed by atoms with Crippen LogP contribution < -0.4 is 5.32 Å². The van der Waals surface area contributed by atoms with Crippen LogP contribution in [0, 0.1) is 0 Å². The van der Waals surface area contributed by atoms with Crippen LogP contribution in [0.1, 0.15) is 17.4 Å². The minimum atomic E-state index is 0.00767. The number of H-pyrrole nitrogens is 1. The van der Waals surface area contributed by atoms with Crippen LogP contribution in [-0.4, -0.2) is 28.2 Å². The molecule has 66 valence electrons. The van der Waals surface area contributed by atoms with Crippen LogP contribution in [0.5, 0.6) is 0 Å². The SMILES string of the molecule is OCc1[nH]c(C2CNC2)nc1Br. The Morgan fingerprint density at radius 2 is 2.33 bits per heavy atom. The van der Waals surface area contributed by atoms with Crippen LogP contribution in [0.4, 0.5) is 0 Å².